The molecule has 0 aliphatic rings. The van der Waals surface area contributed by atoms with Crippen LogP contribution in [0.15, 0.2) is 29.8 Å². The molecular formula is C10H10Cl2N2O2. The molecule has 0 aliphatic carbocycles. The van der Waals surface area contributed by atoms with Crippen LogP contribution in [0.25, 0.3) is 0 Å². The normalized spacial score (nSPS) is 10.1. The number of nitrogens with one attached hydrogen (secondary N) is 1. The Morgan fingerprint density at radius 1 is 1.56 bits per heavy atom. The Kier molecular flexibility index (Phi) is 4.73. The molecule has 1 aromatic carbocycles. The van der Waals surface area contributed by atoms with Crippen molar-refractivity contribution in [3.05, 3.63) is 50.5 Å². The molecule has 0 saturated carbocycles. The topological polar surface area (TPSA) is 55.2 Å². The molecule has 16 heavy (non-hydrogen) atoms. The average molecular weight is 261 g/mol. The number of rotatable bonds is 5. The first-order chi connectivity index (χ1) is 7.50. The second kappa shape index (κ2) is 5.84. The lowest BCUT2D eigenvalue weighted by Gasteiger charge is -2.05. The molecule has 0 spiro atoms. The van der Waals surface area contributed by atoms with Gasteiger partial charge in [-0.2, -0.15) is 0 Å². The SMILES string of the molecule is C=C(Cl)CNCc1cc(Cl)ccc1[N+](=O)[O-]. The fraction of sp³-hybridized carbons (Fsp3) is 0.200. The molecule has 1 aromatic rings. The summed E-state index contributed by atoms with van der Waals surface area (Å²) in [6, 6.07) is 4.43. The second-order valence-corrected chi connectivity index (χ2v) is 4.12. The van der Waals surface area contributed by atoms with Gasteiger partial charge in [0.2, 0.25) is 0 Å². The van der Waals surface area contributed by atoms with Gasteiger partial charge in [0.1, 0.15) is 0 Å². The molecule has 1 N–H and O–H groups in total. The van der Waals surface area contributed by atoms with Crippen molar-refractivity contribution >= 4 is 28.9 Å². The summed E-state index contributed by atoms with van der Waals surface area (Å²) in [6.45, 7) is 4.22. The number of nitrogens with zero attached hydrogens (tertiary/aromatic N) is 1. The zero-order valence-corrected chi connectivity index (χ0v) is 9.88. The van der Waals surface area contributed by atoms with Gasteiger partial charge in [-0.15, -0.1) is 0 Å². The average Bonchev–Trinajstić information content (AvgIpc) is 2.16. The smallest absolute Gasteiger partial charge is 0.273 e. The highest BCUT2D eigenvalue weighted by atomic mass is 35.5. The van der Waals surface area contributed by atoms with Crippen molar-refractivity contribution in [2.45, 2.75) is 6.54 Å². The van der Waals surface area contributed by atoms with E-state index in [1.54, 1.807) is 6.07 Å². The Balaban J connectivity index is 2.80. The van der Waals surface area contributed by atoms with Crippen LogP contribution in [0.3, 0.4) is 0 Å². The van der Waals surface area contributed by atoms with Gasteiger partial charge in [-0.1, -0.05) is 29.8 Å². The minimum atomic E-state index is -0.442. The Hall–Kier alpha value is -1.10. The van der Waals surface area contributed by atoms with E-state index in [1.807, 2.05) is 0 Å². The molecular weight excluding hydrogens is 251 g/mol. The van der Waals surface area contributed by atoms with E-state index in [-0.39, 0.29) is 5.69 Å². The highest BCUT2D eigenvalue weighted by molar-refractivity contribution is 6.30. The zero-order valence-electron chi connectivity index (χ0n) is 8.37. The predicted octanol–water partition coefficient (Wildman–Crippen LogP) is 3.09. The van der Waals surface area contributed by atoms with Gasteiger partial charge >= 0.3 is 0 Å². The van der Waals surface area contributed by atoms with Crippen molar-refractivity contribution in [2.75, 3.05) is 6.54 Å². The third-order valence-electron chi connectivity index (χ3n) is 1.87. The summed E-state index contributed by atoms with van der Waals surface area (Å²) < 4.78 is 0. The van der Waals surface area contributed by atoms with E-state index in [9.17, 15) is 10.1 Å². The molecule has 0 atom stereocenters. The number of hydrogen-bond acceptors (Lipinski definition) is 3. The molecule has 1 rings (SSSR count). The third kappa shape index (κ3) is 3.81. The number of hydrogen-bond donors (Lipinski definition) is 1. The van der Waals surface area contributed by atoms with E-state index in [4.69, 9.17) is 23.2 Å². The van der Waals surface area contributed by atoms with Crippen LogP contribution in [-0.4, -0.2) is 11.5 Å². The summed E-state index contributed by atoms with van der Waals surface area (Å²) >= 11 is 11.3. The van der Waals surface area contributed by atoms with Gasteiger partial charge in [0.15, 0.2) is 0 Å². The van der Waals surface area contributed by atoms with Crippen molar-refractivity contribution in [2.24, 2.45) is 0 Å². The Bertz CT molecular complexity index is 421. The van der Waals surface area contributed by atoms with Crippen LogP contribution >= 0.6 is 23.2 Å². The van der Waals surface area contributed by atoms with Gasteiger partial charge in [-0.3, -0.25) is 10.1 Å². The van der Waals surface area contributed by atoms with Gasteiger partial charge in [-0.25, -0.2) is 0 Å². The molecule has 0 bridgehead atoms. The number of nitro benzene ring substituents is 1. The highest BCUT2D eigenvalue weighted by Crippen LogP contribution is 2.22. The minimum Gasteiger partial charge on any atom is -0.307 e. The number of halogens is 2. The van der Waals surface area contributed by atoms with E-state index >= 15 is 0 Å². The van der Waals surface area contributed by atoms with E-state index in [1.165, 1.54) is 12.1 Å². The quantitative estimate of drug-likeness (QED) is 0.654. The summed E-state index contributed by atoms with van der Waals surface area (Å²) in [5.41, 5.74) is 0.563. The maximum atomic E-state index is 10.7. The van der Waals surface area contributed by atoms with E-state index in [0.29, 0.717) is 28.7 Å². The molecule has 4 nitrogen and oxygen atoms in total. The molecule has 0 saturated heterocycles. The largest absolute Gasteiger partial charge is 0.307 e. The van der Waals surface area contributed by atoms with Crippen molar-refractivity contribution in [3.63, 3.8) is 0 Å². The maximum Gasteiger partial charge on any atom is 0.273 e. The molecule has 0 fully saturated rings. The van der Waals surface area contributed by atoms with Crippen molar-refractivity contribution in [1.29, 1.82) is 0 Å². The molecule has 0 amide bonds. The molecule has 6 heteroatoms. The molecule has 0 radical (unpaired) electrons. The van der Waals surface area contributed by atoms with Crippen LogP contribution in [0.2, 0.25) is 5.02 Å². The summed E-state index contributed by atoms with van der Waals surface area (Å²) in [6.07, 6.45) is 0. The van der Waals surface area contributed by atoms with Crippen LogP contribution in [0.4, 0.5) is 5.69 Å². The summed E-state index contributed by atoms with van der Waals surface area (Å²) in [7, 11) is 0. The standard InChI is InChI=1S/C10H10Cl2N2O2/c1-7(11)5-13-6-8-4-9(12)2-3-10(8)14(15)16/h2-4,13H,1,5-6H2. The van der Waals surface area contributed by atoms with Gasteiger partial charge in [0, 0.05) is 34.8 Å². The first-order valence-electron chi connectivity index (χ1n) is 4.47. The Morgan fingerprint density at radius 2 is 2.25 bits per heavy atom. The highest BCUT2D eigenvalue weighted by Gasteiger charge is 2.13. The molecule has 86 valence electrons. The lowest BCUT2D eigenvalue weighted by atomic mass is 10.2. The molecule has 0 aromatic heterocycles. The zero-order chi connectivity index (χ0) is 12.1. The predicted molar refractivity (Wildman–Crippen MR) is 64.8 cm³/mol. The van der Waals surface area contributed by atoms with E-state index in [0.717, 1.165) is 0 Å². The van der Waals surface area contributed by atoms with Crippen molar-refractivity contribution < 1.29 is 4.92 Å². The lowest BCUT2D eigenvalue weighted by molar-refractivity contribution is -0.385. The molecule has 0 unspecified atom stereocenters. The van der Waals surface area contributed by atoms with Gasteiger partial charge in [0.25, 0.3) is 5.69 Å². The lowest BCUT2D eigenvalue weighted by Crippen LogP contribution is -2.15. The number of benzene rings is 1. The molecule has 0 heterocycles. The summed E-state index contributed by atoms with van der Waals surface area (Å²) in [4.78, 5) is 10.3. The Labute approximate surface area is 103 Å². The van der Waals surface area contributed by atoms with Gasteiger partial charge in [0.05, 0.1) is 4.92 Å². The maximum absolute atomic E-state index is 10.7. The van der Waals surface area contributed by atoms with Crippen LogP contribution in [-0.2, 0) is 6.54 Å². The fourth-order valence-electron chi connectivity index (χ4n) is 1.21. The van der Waals surface area contributed by atoms with E-state index in [2.05, 4.69) is 11.9 Å². The van der Waals surface area contributed by atoms with Crippen LogP contribution < -0.4 is 5.32 Å². The van der Waals surface area contributed by atoms with Gasteiger partial charge < -0.3 is 5.32 Å². The first-order valence-corrected chi connectivity index (χ1v) is 5.23. The summed E-state index contributed by atoms with van der Waals surface area (Å²) in [5.74, 6) is 0. The Morgan fingerprint density at radius 3 is 2.81 bits per heavy atom. The third-order valence-corrected chi connectivity index (χ3v) is 2.24. The van der Waals surface area contributed by atoms with Crippen LogP contribution in [0, 0.1) is 10.1 Å². The van der Waals surface area contributed by atoms with Crippen molar-refractivity contribution in [1.82, 2.24) is 5.32 Å². The van der Waals surface area contributed by atoms with Gasteiger partial charge in [-0.05, 0) is 12.1 Å². The van der Waals surface area contributed by atoms with Crippen LogP contribution in [0.1, 0.15) is 5.56 Å². The fourth-order valence-corrected chi connectivity index (χ4v) is 1.50. The first kappa shape index (κ1) is 13.0. The minimum absolute atomic E-state index is 0.0390. The van der Waals surface area contributed by atoms with Crippen LogP contribution in [0.5, 0.6) is 0 Å². The second-order valence-electron chi connectivity index (χ2n) is 3.15. The summed E-state index contributed by atoms with van der Waals surface area (Å²) in [5, 5.41) is 14.6. The number of nitro groups is 1. The van der Waals surface area contributed by atoms with Crippen molar-refractivity contribution in [3.8, 4) is 0 Å². The monoisotopic (exact) mass is 260 g/mol. The molecule has 0 aliphatic heterocycles. The van der Waals surface area contributed by atoms with E-state index < -0.39 is 4.92 Å².